The highest BCUT2D eigenvalue weighted by molar-refractivity contribution is 9.11. The third-order valence-corrected chi connectivity index (χ3v) is 5.99. The molecule has 0 aromatic heterocycles. The minimum atomic E-state index is -0.253. The number of piperidine rings is 1. The Morgan fingerprint density at radius 1 is 1.22 bits per heavy atom. The molecular formula is C20H23Br2N3O2. The number of ether oxygens (including phenoxy) is 1. The molecule has 0 atom stereocenters. The number of fused-ring (bicyclic) bond motifs is 1. The van der Waals surface area contributed by atoms with Gasteiger partial charge in [-0.15, -0.1) is 0 Å². The van der Waals surface area contributed by atoms with Crippen LogP contribution in [0, 0.1) is 0 Å². The van der Waals surface area contributed by atoms with Crippen LogP contribution in [0.1, 0.15) is 26.7 Å². The minimum absolute atomic E-state index is 0.0739. The fraction of sp³-hybridized carbons (Fsp3) is 0.400. The molecule has 0 radical (unpaired) electrons. The maximum atomic E-state index is 12.1. The smallest absolute Gasteiger partial charge is 0.277 e. The maximum absolute atomic E-state index is 12.1. The summed E-state index contributed by atoms with van der Waals surface area (Å²) in [5.74, 6) is 0.384. The predicted molar refractivity (Wildman–Crippen MR) is 116 cm³/mol. The number of nitrogens with one attached hydrogen (secondary N) is 1. The summed E-state index contributed by atoms with van der Waals surface area (Å²) in [7, 11) is 0. The van der Waals surface area contributed by atoms with Gasteiger partial charge in [0.25, 0.3) is 5.91 Å². The molecule has 3 rings (SSSR count). The standard InChI is InChI=1S/C20H23Br2N3O2/c1-13(2)25-9-7-16(8-10-25)23-24-19(26)12-27-18-6-3-14-11-15(21)4-5-17(14)20(18)22/h3-6,11,13H,7-10,12H2,1-2H3,(H,24,26). The SMILES string of the molecule is CC(C)N1CCC(=NNC(=O)COc2ccc3cc(Br)ccc3c2Br)CC1. The predicted octanol–water partition coefficient (Wildman–Crippen LogP) is 4.72. The number of rotatable bonds is 5. The molecule has 1 fully saturated rings. The van der Waals surface area contributed by atoms with Gasteiger partial charge in [0, 0.05) is 42.2 Å². The van der Waals surface area contributed by atoms with Crippen LogP contribution in [-0.2, 0) is 4.79 Å². The van der Waals surface area contributed by atoms with Gasteiger partial charge in [0.2, 0.25) is 0 Å². The van der Waals surface area contributed by atoms with Gasteiger partial charge in [-0.1, -0.05) is 28.1 Å². The van der Waals surface area contributed by atoms with E-state index in [1.165, 1.54) is 0 Å². The first-order chi connectivity index (χ1) is 12.9. The van der Waals surface area contributed by atoms with Crippen molar-refractivity contribution in [2.75, 3.05) is 19.7 Å². The second kappa shape index (κ2) is 9.17. The van der Waals surface area contributed by atoms with Crippen molar-refractivity contribution in [3.63, 3.8) is 0 Å². The molecule has 1 amide bonds. The number of likely N-dealkylation sites (tertiary alicyclic amines) is 1. The Morgan fingerprint density at radius 3 is 2.67 bits per heavy atom. The molecule has 5 nitrogen and oxygen atoms in total. The summed E-state index contributed by atoms with van der Waals surface area (Å²) in [5, 5.41) is 6.39. The van der Waals surface area contributed by atoms with E-state index in [1.54, 1.807) is 0 Å². The van der Waals surface area contributed by atoms with E-state index in [4.69, 9.17) is 4.74 Å². The molecule has 144 valence electrons. The molecule has 0 unspecified atom stereocenters. The number of carbonyl (C=O) groups is 1. The number of halogens is 2. The van der Waals surface area contributed by atoms with Crippen molar-refractivity contribution >= 4 is 54.3 Å². The number of hydrogen-bond acceptors (Lipinski definition) is 4. The third-order valence-electron chi connectivity index (χ3n) is 4.68. The second-order valence-electron chi connectivity index (χ2n) is 6.87. The molecule has 2 aromatic carbocycles. The van der Waals surface area contributed by atoms with E-state index >= 15 is 0 Å². The van der Waals surface area contributed by atoms with Crippen LogP contribution >= 0.6 is 31.9 Å². The van der Waals surface area contributed by atoms with Crippen LogP contribution in [-0.4, -0.2) is 42.3 Å². The summed E-state index contributed by atoms with van der Waals surface area (Å²) in [6.07, 6.45) is 1.79. The number of nitrogens with zero attached hydrogens (tertiary/aromatic N) is 2. The van der Waals surface area contributed by atoms with E-state index in [-0.39, 0.29) is 12.5 Å². The Labute approximate surface area is 176 Å². The van der Waals surface area contributed by atoms with Crippen LogP contribution < -0.4 is 10.2 Å². The Morgan fingerprint density at radius 2 is 1.96 bits per heavy atom. The second-order valence-corrected chi connectivity index (χ2v) is 8.58. The maximum Gasteiger partial charge on any atom is 0.277 e. The Bertz CT molecular complexity index is 858. The molecule has 0 aliphatic carbocycles. The lowest BCUT2D eigenvalue weighted by Crippen LogP contribution is -2.39. The van der Waals surface area contributed by atoms with E-state index in [9.17, 15) is 4.79 Å². The van der Waals surface area contributed by atoms with Gasteiger partial charge in [-0.05, 0) is 58.7 Å². The Kier molecular flexibility index (Phi) is 6.89. The average molecular weight is 497 g/mol. The number of hydrogen-bond donors (Lipinski definition) is 1. The molecule has 7 heteroatoms. The highest BCUT2D eigenvalue weighted by atomic mass is 79.9. The normalized spacial score (nSPS) is 15.2. The van der Waals surface area contributed by atoms with Gasteiger partial charge in [0.15, 0.2) is 6.61 Å². The van der Waals surface area contributed by atoms with Crippen LogP contribution in [0.2, 0.25) is 0 Å². The molecular weight excluding hydrogens is 474 g/mol. The molecule has 1 heterocycles. The van der Waals surface area contributed by atoms with Crippen LogP contribution in [0.25, 0.3) is 10.8 Å². The Balaban J connectivity index is 1.54. The van der Waals surface area contributed by atoms with Crippen molar-refractivity contribution in [3.8, 4) is 5.75 Å². The summed E-state index contributed by atoms with van der Waals surface area (Å²) < 4.78 is 7.54. The summed E-state index contributed by atoms with van der Waals surface area (Å²) >= 11 is 7.04. The third kappa shape index (κ3) is 5.30. The van der Waals surface area contributed by atoms with Gasteiger partial charge in [0.1, 0.15) is 5.75 Å². The molecule has 27 heavy (non-hydrogen) atoms. The van der Waals surface area contributed by atoms with Gasteiger partial charge in [-0.25, -0.2) is 5.43 Å². The fourth-order valence-corrected chi connectivity index (χ4v) is 4.07. The van der Waals surface area contributed by atoms with E-state index in [1.807, 2.05) is 30.3 Å². The van der Waals surface area contributed by atoms with Crippen molar-refractivity contribution in [2.45, 2.75) is 32.7 Å². The fourth-order valence-electron chi connectivity index (χ4n) is 3.08. The first-order valence-electron chi connectivity index (χ1n) is 9.03. The summed E-state index contributed by atoms with van der Waals surface area (Å²) in [4.78, 5) is 14.5. The zero-order valence-corrected chi connectivity index (χ0v) is 18.6. The molecule has 1 aliphatic heterocycles. The zero-order valence-electron chi connectivity index (χ0n) is 15.5. The van der Waals surface area contributed by atoms with Crippen LogP contribution in [0.5, 0.6) is 5.75 Å². The zero-order chi connectivity index (χ0) is 19.4. The molecule has 0 bridgehead atoms. The van der Waals surface area contributed by atoms with E-state index < -0.39 is 0 Å². The number of hydrazone groups is 1. The average Bonchev–Trinajstić information content (AvgIpc) is 2.66. The van der Waals surface area contributed by atoms with Gasteiger partial charge >= 0.3 is 0 Å². The summed E-state index contributed by atoms with van der Waals surface area (Å²) in [6, 6.07) is 10.4. The van der Waals surface area contributed by atoms with Crippen LogP contribution in [0.4, 0.5) is 0 Å². The first kappa shape index (κ1) is 20.3. The molecule has 0 saturated carbocycles. The Hall–Kier alpha value is -1.44. The van der Waals surface area contributed by atoms with Crippen molar-refractivity contribution in [1.29, 1.82) is 0 Å². The van der Waals surface area contributed by atoms with Crippen LogP contribution in [0.3, 0.4) is 0 Å². The van der Waals surface area contributed by atoms with Crippen molar-refractivity contribution in [1.82, 2.24) is 10.3 Å². The molecule has 1 N–H and O–H groups in total. The molecule has 1 aliphatic rings. The highest BCUT2D eigenvalue weighted by Crippen LogP contribution is 2.34. The van der Waals surface area contributed by atoms with E-state index in [0.29, 0.717) is 11.8 Å². The van der Waals surface area contributed by atoms with E-state index in [2.05, 4.69) is 61.1 Å². The molecule has 1 saturated heterocycles. The number of carbonyl (C=O) groups excluding carboxylic acids is 1. The van der Waals surface area contributed by atoms with E-state index in [0.717, 1.165) is 51.4 Å². The number of benzene rings is 2. The number of amides is 1. The molecule has 0 spiro atoms. The first-order valence-corrected chi connectivity index (χ1v) is 10.6. The largest absolute Gasteiger partial charge is 0.483 e. The van der Waals surface area contributed by atoms with Gasteiger partial charge < -0.3 is 9.64 Å². The lowest BCUT2D eigenvalue weighted by molar-refractivity contribution is -0.123. The lowest BCUT2D eigenvalue weighted by Gasteiger charge is -2.30. The van der Waals surface area contributed by atoms with Gasteiger partial charge in [-0.2, -0.15) is 5.10 Å². The van der Waals surface area contributed by atoms with Gasteiger partial charge in [-0.3, -0.25) is 4.79 Å². The monoisotopic (exact) mass is 495 g/mol. The highest BCUT2D eigenvalue weighted by Gasteiger charge is 2.17. The minimum Gasteiger partial charge on any atom is -0.483 e. The van der Waals surface area contributed by atoms with Crippen molar-refractivity contribution in [2.24, 2.45) is 5.10 Å². The lowest BCUT2D eigenvalue weighted by atomic mass is 10.1. The quantitative estimate of drug-likeness (QED) is 0.609. The van der Waals surface area contributed by atoms with Crippen LogP contribution in [0.15, 0.2) is 44.4 Å². The van der Waals surface area contributed by atoms with Crippen molar-refractivity contribution < 1.29 is 9.53 Å². The topological polar surface area (TPSA) is 53.9 Å². The van der Waals surface area contributed by atoms with Crippen molar-refractivity contribution in [3.05, 3.63) is 39.3 Å². The van der Waals surface area contributed by atoms with Gasteiger partial charge in [0.05, 0.1) is 4.47 Å². The summed E-state index contributed by atoms with van der Waals surface area (Å²) in [6.45, 7) is 6.30. The summed E-state index contributed by atoms with van der Waals surface area (Å²) in [5.41, 5.74) is 3.65. The molecule has 2 aromatic rings.